The molecule has 2 aromatic rings. The predicted octanol–water partition coefficient (Wildman–Crippen LogP) is 5.26. The third-order valence-corrected chi connectivity index (χ3v) is 3.85. The van der Waals surface area contributed by atoms with Gasteiger partial charge < -0.3 is 5.32 Å². The highest BCUT2D eigenvalue weighted by Crippen LogP contribution is 2.25. The lowest BCUT2D eigenvalue weighted by molar-refractivity contribution is 0.102. The van der Waals surface area contributed by atoms with Crippen LogP contribution in [0, 0.1) is 5.82 Å². The molecule has 0 aliphatic heterocycles. The van der Waals surface area contributed by atoms with Gasteiger partial charge in [-0.1, -0.05) is 33.6 Å². The van der Waals surface area contributed by atoms with E-state index >= 15 is 0 Å². The highest BCUT2D eigenvalue weighted by Gasteiger charge is 2.14. The summed E-state index contributed by atoms with van der Waals surface area (Å²) in [5.41, 5.74) is 0.443. The number of amides is 1. The van der Waals surface area contributed by atoms with Gasteiger partial charge in [-0.3, -0.25) is 4.79 Å². The third-order valence-electron chi connectivity index (χ3n) is 2.37. The normalized spacial score (nSPS) is 10.3. The van der Waals surface area contributed by atoms with Gasteiger partial charge in [-0.15, -0.1) is 0 Å². The first-order valence-corrected chi connectivity index (χ1v) is 7.16. The Morgan fingerprint density at radius 2 is 1.95 bits per heavy atom. The van der Waals surface area contributed by atoms with Crippen LogP contribution < -0.4 is 5.32 Å². The molecule has 2 rings (SSSR count). The Balaban J connectivity index is 2.31. The highest BCUT2D eigenvalue weighted by molar-refractivity contribution is 9.11. The van der Waals surface area contributed by atoms with Crippen molar-refractivity contribution in [3.05, 3.63) is 61.7 Å². The van der Waals surface area contributed by atoms with E-state index in [1.54, 1.807) is 24.3 Å². The Morgan fingerprint density at radius 1 is 1.21 bits per heavy atom. The van der Waals surface area contributed by atoms with Crippen LogP contribution in [0.5, 0.6) is 0 Å². The summed E-state index contributed by atoms with van der Waals surface area (Å²) in [5.74, 6) is -1.07. The average molecular weight is 407 g/mol. The van der Waals surface area contributed by atoms with Crippen LogP contribution in [0.15, 0.2) is 45.3 Å². The molecule has 0 unspecified atom stereocenters. The van der Waals surface area contributed by atoms with Crippen molar-refractivity contribution in [2.45, 2.75) is 0 Å². The van der Waals surface area contributed by atoms with Gasteiger partial charge in [0.1, 0.15) is 0 Å². The van der Waals surface area contributed by atoms with E-state index < -0.39 is 11.7 Å². The molecular formula is C13H7Br2ClFNO. The SMILES string of the molecule is O=C(Nc1cccc(Cl)c1F)c1cc(Br)ccc1Br. The van der Waals surface area contributed by atoms with Crippen LogP contribution in [0.25, 0.3) is 0 Å². The first-order valence-electron chi connectivity index (χ1n) is 5.19. The Hall–Kier alpha value is -0.910. The summed E-state index contributed by atoms with van der Waals surface area (Å²) in [6, 6.07) is 9.60. The third kappa shape index (κ3) is 3.35. The Labute approximate surface area is 131 Å². The first kappa shape index (κ1) is 14.5. The summed E-state index contributed by atoms with van der Waals surface area (Å²) in [6.45, 7) is 0. The van der Waals surface area contributed by atoms with Crippen molar-refractivity contribution in [3.63, 3.8) is 0 Å². The number of anilines is 1. The molecule has 0 aliphatic carbocycles. The second-order valence-corrected chi connectivity index (χ2v) is 5.86. The Kier molecular flexibility index (Phi) is 4.60. The van der Waals surface area contributed by atoms with Crippen LogP contribution in [0.3, 0.4) is 0 Å². The van der Waals surface area contributed by atoms with E-state index in [1.807, 2.05) is 0 Å². The van der Waals surface area contributed by atoms with Gasteiger partial charge in [0, 0.05) is 8.95 Å². The molecule has 0 bridgehead atoms. The number of carbonyl (C=O) groups excluding carboxylic acids is 1. The minimum absolute atomic E-state index is 0.0360. The number of rotatable bonds is 2. The molecule has 0 aromatic heterocycles. The minimum Gasteiger partial charge on any atom is -0.319 e. The summed E-state index contributed by atoms with van der Waals surface area (Å²) < 4.78 is 15.1. The van der Waals surface area contributed by atoms with Gasteiger partial charge >= 0.3 is 0 Å². The van der Waals surface area contributed by atoms with Crippen molar-refractivity contribution in [1.29, 1.82) is 0 Å². The topological polar surface area (TPSA) is 29.1 Å². The quantitative estimate of drug-likeness (QED) is 0.723. The summed E-state index contributed by atoms with van der Waals surface area (Å²) in [7, 11) is 0. The Bertz CT molecular complexity index is 649. The number of nitrogens with one attached hydrogen (secondary N) is 1. The van der Waals surface area contributed by atoms with Crippen molar-refractivity contribution in [2.75, 3.05) is 5.32 Å². The van der Waals surface area contributed by atoms with E-state index in [0.717, 1.165) is 4.47 Å². The fraction of sp³-hybridized carbons (Fsp3) is 0. The van der Waals surface area contributed by atoms with E-state index in [4.69, 9.17) is 11.6 Å². The minimum atomic E-state index is -0.649. The van der Waals surface area contributed by atoms with Crippen molar-refractivity contribution < 1.29 is 9.18 Å². The second-order valence-electron chi connectivity index (χ2n) is 3.68. The lowest BCUT2D eigenvalue weighted by Gasteiger charge is -2.09. The van der Waals surface area contributed by atoms with E-state index in [1.165, 1.54) is 12.1 Å². The standard InChI is InChI=1S/C13H7Br2ClFNO/c14-7-4-5-9(15)8(6-7)13(19)18-11-3-1-2-10(16)12(11)17/h1-6H,(H,18,19). The molecule has 0 spiro atoms. The van der Waals surface area contributed by atoms with Gasteiger partial charge in [-0.2, -0.15) is 0 Å². The van der Waals surface area contributed by atoms with E-state index in [2.05, 4.69) is 37.2 Å². The summed E-state index contributed by atoms with van der Waals surface area (Å²) in [5, 5.41) is 2.45. The van der Waals surface area contributed by atoms with Crippen LogP contribution in [0.4, 0.5) is 10.1 Å². The summed E-state index contributed by atoms with van der Waals surface area (Å²) in [6.07, 6.45) is 0. The van der Waals surface area contributed by atoms with Crippen molar-refractivity contribution in [2.24, 2.45) is 0 Å². The van der Waals surface area contributed by atoms with Crippen molar-refractivity contribution in [1.82, 2.24) is 0 Å². The zero-order chi connectivity index (χ0) is 14.0. The molecule has 0 atom stereocenters. The second kappa shape index (κ2) is 6.03. The van der Waals surface area contributed by atoms with Crippen LogP contribution in [-0.2, 0) is 0 Å². The van der Waals surface area contributed by atoms with E-state index in [0.29, 0.717) is 10.0 Å². The molecular weight excluding hydrogens is 400 g/mol. The molecule has 98 valence electrons. The zero-order valence-electron chi connectivity index (χ0n) is 9.38. The summed E-state index contributed by atoms with van der Waals surface area (Å²) >= 11 is 12.2. The van der Waals surface area contributed by atoms with Gasteiger partial charge in [0.25, 0.3) is 5.91 Å². The zero-order valence-corrected chi connectivity index (χ0v) is 13.3. The van der Waals surface area contributed by atoms with Gasteiger partial charge in [-0.25, -0.2) is 4.39 Å². The monoisotopic (exact) mass is 405 g/mol. The van der Waals surface area contributed by atoms with Gasteiger partial charge in [-0.05, 0) is 46.3 Å². The molecule has 0 radical (unpaired) electrons. The Morgan fingerprint density at radius 3 is 2.68 bits per heavy atom. The molecule has 0 aliphatic rings. The van der Waals surface area contributed by atoms with Crippen molar-refractivity contribution in [3.8, 4) is 0 Å². The van der Waals surface area contributed by atoms with E-state index in [9.17, 15) is 9.18 Å². The van der Waals surface area contributed by atoms with Crippen LogP contribution in [0.1, 0.15) is 10.4 Å². The number of benzene rings is 2. The first-order chi connectivity index (χ1) is 8.99. The van der Waals surface area contributed by atoms with Gasteiger partial charge in [0.05, 0.1) is 16.3 Å². The maximum atomic E-state index is 13.7. The molecule has 0 saturated heterocycles. The van der Waals surface area contributed by atoms with Crippen LogP contribution in [-0.4, -0.2) is 5.91 Å². The molecule has 0 fully saturated rings. The van der Waals surface area contributed by atoms with Gasteiger partial charge in [0.2, 0.25) is 0 Å². The fourth-order valence-electron chi connectivity index (χ4n) is 1.46. The highest BCUT2D eigenvalue weighted by atomic mass is 79.9. The lowest BCUT2D eigenvalue weighted by atomic mass is 10.2. The number of carbonyl (C=O) groups is 1. The van der Waals surface area contributed by atoms with E-state index in [-0.39, 0.29) is 10.7 Å². The molecule has 1 N–H and O–H groups in total. The molecule has 0 heterocycles. The van der Waals surface area contributed by atoms with Crippen molar-refractivity contribution >= 4 is 55.1 Å². The number of hydrogen-bond donors (Lipinski definition) is 1. The molecule has 1 amide bonds. The van der Waals surface area contributed by atoms with Crippen LogP contribution in [0.2, 0.25) is 5.02 Å². The van der Waals surface area contributed by atoms with Gasteiger partial charge in [0.15, 0.2) is 5.82 Å². The largest absolute Gasteiger partial charge is 0.319 e. The molecule has 19 heavy (non-hydrogen) atoms. The maximum Gasteiger partial charge on any atom is 0.256 e. The smallest absolute Gasteiger partial charge is 0.256 e. The predicted molar refractivity (Wildman–Crippen MR) is 81.2 cm³/mol. The molecule has 2 aromatic carbocycles. The number of hydrogen-bond acceptors (Lipinski definition) is 1. The molecule has 0 saturated carbocycles. The molecule has 6 heteroatoms. The summed E-state index contributed by atoms with van der Waals surface area (Å²) in [4.78, 5) is 12.1. The molecule has 2 nitrogen and oxygen atoms in total. The fourth-order valence-corrected chi connectivity index (χ4v) is 2.42. The number of halogens is 4. The lowest BCUT2D eigenvalue weighted by Crippen LogP contribution is -2.13. The maximum absolute atomic E-state index is 13.7. The van der Waals surface area contributed by atoms with Crippen LogP contribution >= 0.6 is 43.5 Å². The average Bonchev–Trinajstić information content (AvgIpc) is 2.38.